The Bertz CT molecular complexity index is 869. The van der Waals surface area contributed by atoms with Crippen molar-refractivity contribution in [1.29, 1.82) is 0 Å². The van der Waals surface area contributed by atoms with Gasteiger partial charge in [0.05, 0.1) is 20.5 Å². The van der Waals surface area contributed by atoms with Crippen LogP contribution in [0.2, 0.25) is 0 Å². The summed E-state index contributed by atoms with van der Waals surface area (Å²) in [4.78, 5) is 32.9. The second-order valence-corrected chi connectivity index (χ2v) is 8.67. The molecule has 0 spiro atoms. The highest BCUT2D eigenvalue weighted by Crippen LogP contribution is 2.32. The molecule has 3 aromatic heterocycles. The number of nitrogens with two attached hydrogens (primary N) is 1. The van der Waals surface area contributed by atoms with Crippen molar-refractivity contribution >= 4 is 62.7 Å². The zero-order valence-electron chi connectivity index (χ0n) is 12.4. The normalized spacial score (nSPS) is 10.7. The predicted molar refractivity (Wildman–Crippen MR) is 100 cm³/mol. The summed E-state index contributed by atoms with van der Waals surface area (Å²) in [6, 6.07) is 3.92. The van der Waals surface area contributed by atoms with Crippen molar-refractivity contribution in [2.45, 2.75) is 11.1 Å². The van der Waals surface area contributed by atoms with E-state index < -0.39 is 0 Å². The van der Waals surface area contributed by atoms with Gasteiger partial charge in [-0.1, -0.05) is 17.4 Å². The summed E-state index contributed by atoms with van der Waals surface area (Å²) in [5, 5.41) is 7.76. The van der Waals surface area contributed by atoms with Gasteiger partial charge in [0.25, 0.3) is 5.91 Å². The molecule has 24 heavy (non-hydrogen) atoms. The maximum absolute atomic E-state index is 12.3. The summed E-state index contributed by atoms with van der Waals surface area (Å²) in [7, 11) is 0. The first-order chi connectivity index (χ1) is 11.5. The Morgan fingerprint density at radius 2 is 2.17 bits per heavy atom. The van der Waals surface area contributed by atoms with Crippen molar-refractivity contribution in [3.63, 3.8) is 0 Å². The number of aromatic nitrogens is 2. The van der Waals surface area contributed by atoms with Crippen LogP contribution in [0, 0.1) is 6.92 Å². The number of thiazole rings is 2. The van der Waals surface area contributed by atoms with E-state index in [2.05, 4.69) is 15.3 Å². The lowest BCUT2D eigenvalue weighted by Gasteiger charge is -1.97. The molecule has 0 atom stereocenters. The van der Waals surface area contributed by atoms with Gasteiger partial charge in [0.1, 0.15) is 10.7 Å². The van der Waals surface area contributed by atoms with Crippen LogP contribution in [-0.4, -0.2) is 27.5 Å². The molecule has 0 fully saturated rings. The lowest BCUT2D eigenvalue weighted by Crippen LogP contribution is -2.12. The zero-order chi connectivity index (χ0) is 17.1. The van der Waals surface area contributed by atoms with Crippen LogP contribution in [0.1, 0.15) is 16.2 Å². The Labute approximate surface area is 154 Å². The first-order valence-corrected chi connectivity index (χ1v) is 10.3. The number of anilines is 1. The van der Waals surface area contributed by atoms with E-state index in [1.807, 2.05) is 24.4 Å². The fourth-order valence-electron chi connectivity index (χ4n) is 1.76. The standard InChI is InChI=1S/C14H12N4O2S4/c1-7-13(23-6-10(15)19)24-14(16-7)18-11(20)8-5-22-12(17-8)9-3-2-4-21-9/h2-5H,6H2,1H3,(H2,15,19)(H,16,18,20). The van der Waals surface area contributed by atoms with Crippen LogP contribution in [0.4, 0.5) is 5.13 Å². The number of rotatable bonds is 6. The highest BCUT2D eigenvalue weighted by Gasteiger charge is 2.16. The largest absolute Gasteiger partial charge is 0.369 e. The van der Waals surface area contributed by atoms with E-state index >= 15 is 0 Å². The van der Waals surface area contributed by atoms with Gasteiger partial charge in [-0.2, -0.15) is 0 Å². The van der Waals surface area contributed by atoms with Crippen LogP contribution < -0.4 is 11.1 Å². The van der Waals surface area contributed by atoms with Crippen LogP contribution in [0.5, 0.6) is 0 Å². The number of nitrogens with zero attached hydrogens (tertiary/aromatic N) is 2. The Morgan fingerprint density at radius 1 is 1.33 bits per heavy atom. The number of hydrogen-bond acceptors (Lipinski definition) is 8. The van der Waals surface area contributed by atoms with Crippen LogP contribution in [0.25, 0.3) is 9.88 Å². The quantitative estimate of drug-likeness (QED) is 0.622. The van der Waals surface area contributed by atoms with Gasteiger partial charge in [0, 0.05) is 5.38 Å². The van der Waals surface area contributed by atoms with Crippen molar-refractivity contribution < 1.29 is 9.59 Å². The monoisotopic (exact) mass is 396 g/mol. The molecule has 124 valence electrons. The van der Waals surface area contributed by atoms with E-state index in [1.54, 1.807) is 16.7 Å². The van der Waals surface area contributed by atoms with Gasteiger partial charge in [-0.3, -0.25) is 14.9 Å². The molecular weight excluding hydrogens is 384 g/mol. The number of thioether (sulfide) groups is 1. The molecule has 0 bridgehead atoms. The Hall–Kier alpha value is -1.75. The van der Waals surface area contributed by atoms with Crippen molar-refractivity contribution in [1.82, 2.24) is 9.97 Å². The molecule has 3 heterocycles. The average molecular weight is 397 g/mol. The topological polar surface area (TPSA) is 98.0 Å². The third kappa shape index (κ3) is 4.01. The van der Waals surface area contributed by atoms with Gasteiger partial charge >= 0.3 is 0 Å². The van der Waals surface area contributed by atoms with E-state index in [9.17, 15) is 9.59 Å². The summed E-state index contributed by atoms with van der Waals surface area (Å²) in [6.45, 7) is 1.83. The number of aryl methyl sites for hydroxylation is 1. The molecule has 0 saturated heterocycles. The van der Waals surface area contributed by atoms with E-state index in [0.717, 1.165) is 19.8 Å². The molecule has 0 aromatic carbocycles. The molecule has 0 aliphatic carbocycles. The number of carbonyl (C=O) groups excluding carboxylic acids is 2. The van der Waals surface area contributed by atoms with E-state index in [0.29, 0.717) is 10.8 Å². The third-order valence-electron chi connectivity index (χ3n) is 2.79. The minimum atomic E-state index is -0.387. The number of thiophene rings is 1. The fourth-order valence-corrected chi connectivity index (χ4v) is 5.25. The Kier molecular flexibility index (Phi) is 5.29. The minimum absolute atomic E-state index is 0.187. The summed E-state index contributed by atoms with van der Waals surface area (Å²) in [6.07, 6.45) is 0. The number of hydrogen-bond donors (Lipinski definition) is 2. The first kappa shape index (κ1) is 17.1. The Balaban J connectivity index is 1.69. The van der Waals surface area contributed by atoms with E-state index in [4.69, 9.17) is 5.73 Å². The second kappa shape index (κ2) is 7.43. The maximum Gasteiger partial charge on any atom is 0.276 e. The first-order valence-electron chi connectivity index (χ1n) is 6.72. The Morgan fingerprint density at radius 3 is 2.88 bits per heavy atom. The lowest BCUT2D eigenvalue weighted by atomic mass is 10.4. The number of primary amides is 1. The van der Waals surface area contributed by atoms with Crippen LogP contribution >= 0.6 is 45.8 Å². The van der Waals surface area contributed by atoms with Crippen molar-refractivity contribution in [3.8, 4) is 9.88 Å². The molecule has 0 saturated carbocycles. The summed E-state index contributed by atoms with van der Waals surface area (Å²) in [5.41, 5.74) is 6.27. The van der Waals surface area contributed by atoms with Crippen molar-refractivity contribution in [2.24, 2.45) is 5.73 Å². The van der Waals surface area contributed by atoms with E-state index in [1.165, 1.54) is 34.4 Å². The summed E-state index contributed by atoms with van der Waals surface area (Å²) < 4.78 is 0.863. The van der Waals surface area contributed by atoms with Crippen LogP contribution in [-0.2, 0) is 4.79 Å². The minimum Gasteiger partial charge on any atom is -0.369 e. The molecule has 3 rings (SSSR count). The molecule has 10 heteroatoms. The van der Waals surface area contributed by atoms with Crippen molar-refractivity contribution in [2.75, 3.05) is 11.1 Å². The number of carbonyl (C=O) groups is 2. The predicted octanol–water partition coefficient (Wildman–Crippen LogP) is 3.47. The van der Waals surface area contributed by atoms with Gasteiger partial charge in [-0.15, -0.1) is 34.4 Å². The van der Waals surface area contributed by atoms with Gasteiger partial charge in [0.15, 0.2) is 5.13 Å². The van der Waals surface area contributed by atoms with Crippen molar-refractivity contribution in [3.05, 3.63) is 34.3 Å². The molecule has 3 N–H and O–H groups in total. The highest BCUT2D eigenvalue weighted by molar-refractivity contribution is 8.01. The highest BCUT2D eigenvalue weighted by atomic mass is 32.2. The zero-order valence-corrected chi connectivity index (χ0v) is 15.7. The molecule has 3 aromatic rings. The molecule has 0 aliphatic heterocycles. The average Bonchev–Trinajstić information content (AvgIpc) is 3.25. The molecule has 6 nitrogen and oxygen atoms in total. The van der Waals surface area contributed by atoms with Gasteiger partial charge in [-0.25, -0.2) is 9.97 Å². The summed E-state index contributed by atoms with van der Waals surface area (Å²) in [5.74, 6) is -0.497. The van der Waals surface area contributed by atoms with E-state index in [-0.39, 0.29) is 17.6 Å². The molecule has 0 unspecified atom stereocenters. The lowest BCUT2D eigenvalue weighted by molar-refractivity contribution is -0.115. The van der Waals surface area contributed by atoms with Crippen LogP contribution in [0.15, 0.2) is 27.1 Å². The number of nitrogens with one attached hydrogen (secondary N) is 1. The van der Waals surface area contributed by atoms with Crippen LogP contribution in [0.3, 0.4) is 0 Å². The molecule has 0 radical (unpaired) electrons. The second-order valence-electron chi connectivity index (χ2n) is 4.62. The fraction of sp³-hybridized carbons (Fsp3) is 0.143. The SMILES string of the molecule is Cc1nc(NC(=O)c2csc(-c3cccs3)n2)sc1SCC(N)=O. The molecular formula is C14H12N4O2S4. The molecule has 2 amide bonds. The van der Waals surface area contributed by atoms with Gasteiger partial charge < -0.3 is 5.73 Å². The maximum atomic E-state index is 12.3. The van der Waals surface area contributed by atoms with Gasteiger partial charge in [0.2, 0.25) is 5.91 Å². The number of amides is 2. The summed E-state index contributed by atoms with van der Waals surface area (Å²) >= 11 is 5.65. The van der Waals surface area contributed by atoms with Gasteiger partial charge in [-0.05, 0) is 18.4 Å². The third-order valence-corrected chi connectivity index (χ3v) is 7.13. The molecule has 0 aliphatic rings. The smallest absolute Gasteiger partial charge is 0.276 e.